The molecule has 1 N–H and O–H groups in total. The number of ether oxygens (including phenoxy) is 1. The van der Waals surface area contributed by atoms with Gasteiger partial charge in [0.2, 0.25) is 10.0 Å². The molecule has 1 aromatic carbocycles. The van der Waals surface area contributed by atoms with Gasteiger partial charge in [0.25, 0.3) is 11.8 Å². The third-order valence-corrected chi connectivity index (χ3v) is 4.20. The molecule has 0 amide bonds. The van der Waals surface area contributed by atoms with E-state index < -0.39 is 10.0 Å². The van der Waals surface area contributed by atoms with Crippen molar-refractivity contribution in [1.82, 2.24) is 15.3 Å². The summed E-state index contributed by atoms with van der Waals surface area (Å²) in [6.07, 6.45) is 0. The van der Waals surface area contributed by atoms with Gasteiger partial charge in [0.15, 0.2) is 11.6 Å². The Morgan fingerprint density at radius 1 is 1.21 bits per heavy atom. The van der Waals surface area contributed by atoms with Gasteiger partial charge >= 0.3 is 0 Å². The minimum absolute atomic E-state index is 0.169. The van der Waals surface area contributed by atoms with Gasteiger partial charge in [-0.1, -0.05) is 11.2 Å². The summed E-state index contributed by atoms with van der Waals surface area (Å²) in [5, 5.41) is 7.27. The summed E-state index contributed by atoms with van der Waals surface area (Å²) in [5.74, 6) is 0.827. The van der Waals surface area contributed by atoms with Crippen LogP contribution in [-0.4, -0.2) is 30.8 Å². The van der Waals surface area contributed by atoms with Gasteiger partial charge in [-0.15, -0.1) is 0 Å². The Morgan fingerprint density at radius 3 is 2.71 bits per heavy atom. The summed E-state index contributed by atoms with van der Waals surface area (Å²) in [6.45, 7) is 1.70. The average molecular weight is 350 g/mol. The van der Waals surface area contributed by atoms with Crippen molar-refractivity contribution in [3.63, 3.8) is 0 Å². The van der Waals surface area contributed by atoms with Crippen LogP contribution in [0.15, 0.2) is 39.4 Å². The fraction of sp³-hybridized carbons (Fsp3) is 0.214. The third-order valence-electron chi connectivity index (χ3n) is 2.99. The number of sulfonamides is 1. The number of nitrogens with zero attached hydrogens (tertiary/aromatic N) is 3. The van der Waals surface area contributed by atoms with Crippen LogP contribution in [0, 0.1) is 6.92 Å². The smallest absolute Gasteiger partial charge is 0.257 e. The molecular formula is C14H14N4O5S. The molecule has 0 aliphatic rings. The minimum atomic E-state index is -3.68. The molecule has 0 aliphatic carbocycles. The second kappa shape index (κ2) is 6.32. The molecule has 0 unspecified atom stereocenters. The Bertz CT molecular complexity index is 947. The lowest BCUT2D eigenvalue weighted by atomic mass is 10.2. The number of hydrogen-bond acceptors (Lipinski definition) is 8. The van der Waals surface area contributed by atoms with Crippen LogP contribution < -0.4 is 9.46 Å². The average Bonchev–Trinajstić information content (AvgIpc) is 3.15. The Balaban J connectivity index is 1.77. The predicted octanol–water partition coefficient (Wildman–Crippen LogP) is 1.98. The first-order valence-corrected chi connectivity index (χ1v) is 8.51. The zero-order valence-electron chi connectivity index (χ0n) is 12.9. The van der Waals surface area contributed by atoms with Crippen molar-refractivity contribution in [2.45, 2.75) is 12.7 Å². The molecule has 9 nitrogen and oxygen atoms in total. The highest BCUT2D eigenvalue weighted by molar-refractivity contribution is 7.91. The van der Waals surface area contributed by atoms with E-state index >= 15 is 0 Å². The molecule has 0 aliphatic heterocycles. The lowest BCUT2D eigenvalue weighted by Crippen LogP contribution is -2.14. The lowest BCUT2D eigenvalue weighted by molar-refractivity contribution is 0.330. The normalized spacial score (nSPS) is 11.4. The van der Waals surface area contributed by atoms with Gasteiger partial charge < -0.3 is 13.8 Å². The van der Waals surface area contributed by atoms with E-state index in [9.17, 15) is 8.42 Å². The maximum atomic E-state index is 12.2. The number of methoxy groups -OCH3 is 1. The van der Waals surface area contributed by atoms with E-state index in [-0.39, 0.29) is 17.4 Å². The molecule has 0 radical (unpaired) electrons. The molecule has 2 heterocycles. The molecule has 126 valence electrons. The molecule has 0 saturated heterocycles. The summed E-state index contributed by atoms with van der Waals surface area (Å²) in [5.41, 5.74) is 0.979. The predicted molar refractivity (Wildman–Crippen MR) is 83.8 cm³/mol. The van der Waals surface area contributed by atoms with Crippen molar-refractivity contribution >= 4 is 15.7 Å². The SMILES string of the molecule is COc1cc(CS(=O)(=O)Nc2cccc(-c3nc(C)no3)c2)on1. The topological polar surface area (TPSA) is 120 Å². The van der Waals surface area contributed by atoms with Crippen LogP contribution in [-0.2, 0) is 15.8 Å². The molecule has 0 saturated carbocycles. The molecule has 2 aromatic heterocycles. The largest absolute Gasteiger partial charge is 0.479 e. The second-order valence-electron chi connectivity index (χ2n) is 4.92. The van der Waals surface area contributed by atoms with Crippen molar-refractivity contribution in [3.8, 4) is 17.3 Å². The Morgan fingerprint density at radius 2 is 2.04 bits per heavy atom. The van der Waals surface area contributed by atoms with Gasteiger partial charge in [-0.25, -0.2) is 8.42 Å². The molecule has 3 aromatic rings. The Labute approximate surface area is 137 Å². The fourth-order valence-corrected chi connectivity index (χ4v) is 3.06. The molecule has 3 rings (SSSR count). The highest BCUT2D eigenvalue weighted by Crippen LogP contribution is 2.22. The van der Waals surface area contributed by atoms with E-state index in [2.05, 4.69) is 20.0 Å². The highest BCUT2D eigenvalue weighted by Gasteiger charge is 2.17. The van der Waals surface area contributed by atoms with Crippen LogP contribution in [0.25, 0.3) is 11.5 Å². The van der Waals surface area contributed by atoms with Crippen molar-refractivity contribution in [2.75, 3.05) is 11.8 Å². The van der Waals surface area contributed by atoms with Gasteiger partial charge in [-0.2, -0.15) is 4.98 Å². The van der Waals surface area contributed by atoms with Crippen molar-refractivity contribution in [2.24, 2.45) is 0 Å². The summed E-state index contributed by atoms with van der Waals surface area (Å²) in [4.78, 5) is 4.11. The number of nitrogens with one attached hydrogen (secondary N) is 1. The van der Waals surface area contributed by atoms with E-state index in [4.69, 9.17) is 13.8 Å². The van der Waals surface area contributed by atoms with Crippen molar-refractivity contribution in [3.05, 3.63) is 41.9 Å². The van der Waals surface area contributed by atoms with Gasteiger partial charge in [0.05, 0.1) is 7.11 Å². The van der Waals surface area contributed by atoms with Gasteiger partial charge in [0.1, 0.15) is 5.75 Å². The minimum Gasteiger partial charge on any atom is -0.479 e. The van der Waals surface area contributed by atoms with Gasteiger partial charge in [-0.3, -0.25) is 4.72 Å². The zero-order chi connectivity index (χ0) is 17.2. The van der Waals surface area contributed by atoms with Crippen LogP contribution in [0.3, 0.4) is 0 Å². The van der Waals surface area contributed by atoms with Crippen molar-refractivity contribution in [1.29, 1.82) is 0 Å². The quantitative estimate of drug-likeness (QED) is 0.716. The molecular weight excluding hydrogens is 336 g/mol. The van der Waals surface area contributed by atoms with Crippen molar-refractivity contribution < 1.29 is 22.2 Å². The summed E-state index contributed by atoms with van der Waals surface area (Å²) in [6, 6.07) is 8.06. The highest BCUT2D eigenvalue weighted by atomic mass is 32.2. The van der Waals surface area contributed by atoms with E-state index in [1.54, 1.807) is 31.2 Å². The number of anilines is 1. The molecule has 0 spiro atoms. The van der Waals surface area contributed by atoms with E-state index in [1.165, 1.54) is 13.2 Å². The molecule has 10 heteroatoms. The third kappa shape index (κ3) is 3.71. The monoisotopic (exact) mass is 350 g/mol. The first-order chi connectivity index (χ1) is 11.4. The van der Waals surface area contributed by atoms with Gasteiger partial charge in [-0.05, 0) is 30.3 Å². The van der Waals surface area contributed by atoms with Crippen LogP contribution in [0.4, 0.5) is 5.69 Å². The molecule has 24 heavy (non-hydrogen) atoms. The molecule has 0 bridgehead atoms. The van der Waals surface area contributed by atoms with E-state index in [1.807, 2.05) is 0 Å². The van der Waals surface area contributed by atoms with Crippen LogP contribution >= 0.6 is 0 Å². The number of benzene rings is 1. The maximum Gasteiger partial charge on any atom is 0.257 e. The van der Waals surface area contributed by atoms with Crippen LogP contribution in [0.5, 0.6) is 5.88 Å². The summed E-state index contributed by atoms with van der Waals surface area (Å²) in [7, 11) is -2.27. The second-order valence-corrected chi connectivity index (χ2v) is 6.65. The first kappa shape index (κ1) is 16.0. The van der Waals surface area contributed by atoms with E-state index in [0.717, 1.165) is 0 Å². The standard InChI is InChI=1S/C14H14N4O5S/c1-9-15-14(23-16-9)10-4-3-5-11(6-10)18-24(19,20)8-12-7-13(21-2)17-22-12/h3-7,18H,8H2,1-2H3. The number of aryl methyl sites for hydroxylation is 1. The van der Waals surface area contributed by atoms with E-state index in [0.29, 0.717) is 23.0 Å². The van der Waals surface area contributed by atoms with Crippen LogP contribution in [0.1, 0.15) is 11.6 Å². The molecule has 0 atom stereocenters. The first-order valence-electron chi connectivity index (χ1n) is 6.86. The number of hydrogen-bond donors (Lipinski definition) is 1. The van der Waals surface area contributed by atoms with Crippen LogP contribution in [0.2, 0.25) is 0 Å². The number of aromatic nitrogens is 3. The summed E-state index contributed by atoms with van der Waals surface area (Å²) >= 11 is 0. The Kier molecular flexibility index (Phi) is 4.21. The molecule has 0 fully saturated rings. The fourth-order valence-electron chi connectivity index (χ4n) is 1.99. The Hall–Kier alpha value is -2.88. The lowest BCUT2D eigenvalue weighted by Gasteiger charge is -2.07. The summed E-state index contributed by atoms with van der Waals surface area (Å²) < 4.78 is 41.7. The zero-order valence-corrected chi connectivity index (χ0v) is 13.7. The maximum absolute atomic E-state index is 12.2. The number of rotatable bonds is 6. The van der Waals surface area contributed by atoms with Gasteiger partial charge in [0, 0.05) is 17.3 Å².